The van der Waals surface area contributed by atoms with Crippen LogP contribution >= 0.6 is 12.2 Å². The number of hydrogen-bond donors (Lipinski definition) is 1. The lowest BCUT2D eigenvalue weighted by Gasteiger charge is -2.08. The highest BCUT2D eigenvalue weighted by Crippen LogP contribution is 2.16. The molecule has 174 valence electrons. The molecule has 0 spiro atoms. The van der Waals surface area contributed by atoms with Crippen LogP contribution in [0.2, 0.25) is 0 Å². The van der Waals surface area contributed by atoms with Crippen molar-refractivity contribution in [1.82, 2.24) is 19.1 Å². The average molecular weight is 478 g/mol. The van der Waals surface area contributed by atoms with Gasteiger partial charge in [0.1, 0.15) is 12.3 Å². The lowest BCUT2D eigenvalue weighted by molar-refractivity contribution is -0.116. The molecule has 0 unspecified atom stereocenters. The standard InChI is InChI=1S/C24H23N5O4S/c1-32-20-11-5-17(6-12-20)15-21-26-28(24(34)29(21)27-13-3-4-14-27)16-22(30)25-19-9-7-18(8-10-19)23(31)33-2/h3-14H,15-16H2,1-2H3,(H,25,30). The van der Waals surface area contributed by atoms with Crippen LogP contribution in [0.3, 0.4) is 0 Å². The molecule has 0 aliphatic heterocycles. The van der Waals surface area contributed by atoms with E-state index in [0.29, 0.717) is 28.3 Å². The first-order valence-corrected chi connectivity index (χ1v) is 10.8. The van der Waals surface area contributed by atoms with E-state index in [9.17, 15) is 9.59 Å². The quantitative estimate of drug-likeness (QED) is 0.308. The fourth-order valence-corrected chi connectivity index (χ4v) is 3.72. The van der Waals surface area contributed by atoms with Crippen molar-refractivity contribution in [3.63, 3.8) is 0 Å². The SMILES string of the molecule is COC(=O)c1ccc(NC(=O)Cn2nc(Cc3ccc(OC)cc3)n(-n3cccc3)c2=S)cc1. The Balaban J connectivity index is 1.55. The van der Waals surface area contributed by atoms with Crippen LogP contribution in [0.4, 0.5) is 5.69 Å². The molecule has 0 aliphatic carbocycles. The molecule has 0 saturated carbocycles. The number of carbonyl (C=O) groups is 2. The van der Waals surface area contributed by atoms with Crippen LogP contribution in [0.25, 0.3) is 0 Å². The Morgan fingerprint density at radius 2 is 1.68 bits per heavy atom. The third-order valence-corrected chi connectivity index (χ3v) is 5.49. The summed E-state index contributed by atoms with van der Waals surface area (Å²) in [7, 11) is 2.94. The lowest BCUT2D eigenvalue weighted by Crippen LogP contribution is -2.20. The number of anilines is 1. The van der Waals surface area contributed by atoms with Crippen LogP contribution in [-0.2, 0) is 22.5 Å². The number of rotatable bonds is 8. The first kappa shape index (κ1) is 23.0. The minimum Gasteiger partial charge on any atom is -0.497 e. The predicted molar refractivity (Wildman–Crippen MR) is 128 cm³/mol. The van der Waals surface area contributed by atoms with Crippen LogP contribution in [0, 0.1) is 4.77 Å². The molecule has 0 atom stereocenters. The molecule has 9 nitrogen and oxygen atoms in total. The van der Waals surface area contributed by atoms with Crippen LogP contribution in [0.5, 0.6) is 5.75 Å². The number of nitrogens with one attached hydrogen (secondary N) is 1. The number of esters is 1. The molecule has 0 aliphatic rings. The van der Waals surface area contributed by atoms with Crippen molar-refractivity contribution < 1.29 is 19.1 Å². The molecule has 0 radical (unpaired) electrons. The van der Waals surface area contributed by atoms with E-state index in [4.69, 9.17) is 17.0 Å². The number of carbonyl (C=O) groups excluding carboxylic acids is 2. The van der Waals surface area contributed by atoms with Gasteiger partial charge in [-0.1, -0.05) is 12.1 Å². The summed E-state index contributed by atoms with van der Waals surface area (Å²) < 4.78 is 15.4. The van der Waals surface area contributed by atoms with Crippen molar-refractivity contribution in [2.75, 3.05) is 19.5 Å². The number of aromatic nitrogens is 4. The number of methoxy groups -OCH3 is 2. The summed E-state index contributed by atoms with van der Waals surface area (Å²) in [5.41, 5.74) is 1.97. The van der Waals surface area contributed by atoms with Gasteiger partial charge < -0.3 is 14.8 Å². The second-order valence-electron chi connectivity index (χ2n) is 7.37. The molecule has 34 heavy (non-hydrogen) atoms. The van der Waals surface area contributed by atoms with Gasteiger partial charge in [-0.15, -0.1) is 0 Å². The van der Waals surface area contributed by atoms with Gasteiger partial charge in [-0.2, -0.15) is 5.10 Å². The Hall–Kier alpha value is -4.18. The van der Waals surface area contributed by atoms with Crippen LogP contribution in [0.1, 0.15) is 21.7 Å². The van der Waals surface area contributed by atoms with Crippen LogP contribution in [0.15, 0.2) is 73.1 Å². The second-order valence-corrected chi connectivity index (χ2v) is 7.74. The summed E-state index contributed by atoms with van der Waals surface area (Å²) in [5.74, 6) is 0.716. The Labute approximate surface area is 201 Å². The molecular weight excluding hydrogens is 454 g/mol. The molecule has 2 heterocycles. The monoisotopic (exact) mass is 477 g/mol. The summed E-state index contributed by atoms with van der Waals surface area (Å²) in [4.78, 5) is 24.3. The lowest BCUT2D eigenvalue weighted by atomic mass is 10.1. The van der Waals surface area contributed by atoms with Gasteiger partial charge in [0.05, 0.1) is 19.8 Å². The van der Waals surface area contributed by atoms with E-state index in [1.807, 2.05) is 53.5 Å². The number of hydrogen-bond acceptors (Lipinski definition) is 6. The van der Waals surface area contributed by atoms with Crippen LogP contribution in [-0.4, -0.2) is 45.2 Å². The summed E-state index contributed by atoms with van der Waals surface area (Å²) in [5, 5.41) is 7.43. The number of amides is 1. The highest BCUT2D eigenvalue weighted by Gasteiger charge is 2.15. The smallest absolute Gasteiger partial charge is 0.337 e. The van der Waals surface area contributed by atoms with Gasteiger partial charge in [0.15, 0.2) is 5.82 Å². The first-order chi connectivity index (χ1) is 16.5. The maximum absolute atomic E-state index is 12.7. The van der Waals surface area contributed by atoms with E-state index < -0.39 is 5.97 Å². The van der Waals surface area contributed by atoms with E-state index in [1.165, 1.54) is 11.8 Å². The Bertz CT molecular complexity index is 1340. The zero-order valence-electron chi connectivity index (χ0n) is 18.7. The van der Waals surface area contributed by atoms with Crippen molar-refractivity contribution in [3.05, 3.63) is 94.8 Å². The van der Waals surface area contributed by atoms with Crippen molar-refractivity contribution in [3.8, 4) is 5.75 Å². The molecule has 1 amide bonds. The Morgan fingerprint density at radius 3 is 2.29 bits per heavy atom. The summed E-state index contributed by atoms with van der Waals surface area (Å²) in [6, 6.07) is 17.9. The Morgan fingerprint density at radius 1 is 1.00 bits per heavy atom. The zero-order chi connectivity index (χ0) is 24.1. The summed E-state index contributed by atoms with van der Waals surface area (Å²) in [6.45, 7) is -0.0680. The molecule has 4 rings (SSSR count). The minimum absolute atomic E-state index is 0.0680. The van der Waals surface area contributed by atoms with Gasteiger partial charge in [-0.05, 0) is 66.3 Å². The third-order valence-electron chi connectivity index (χ3n) is 5.11. The highest BCUT2D eigenvalue weighted by molar-refractivity contribution is 7.71. The molecular formula is C24H23N5O4S. The van der Waals surface area contributed by atoms with Crippen LogP contribution < -0.4 is 10.1 Å². The fraction of sp³-hybridized carbons (Fsp3) is 0.167. The number of nitrogens with zero attached hydrogens (tertiary/aromatic N) is 4. The normalized spacial score (nSPS) is 10.6. The fourth-order valence-electron chi connectivity index (χ4n) is 3.42. The highest BCUT2D eigenvalue weighted by atomic mass is 32.1. The molecule has 0 fully saturated rings. The van der Waals surface area contributed by atoms with E-state index >= 15 is 0 Å². The molecule has 10 heteroatoms. The first-order valence-electron chi connectivity index (χ1n) is 10.4. The van der Waals surface area contributed by atoms with E-state index in [2.05, 4.69) is 15.2 Å². The third kappa shape index (κ3) is 5.07. The van der Waals surface area contributed by atoms with Gasteiger partial charge in [0, 0.05) is 24.5 Å². The Kier molecular flexibility index (Phi) is 6.88. The van der Waals surface area contributed by atoms with Crippen molar-refractivity contribution in [1.29, 1.82) is 0 Å². The minimum atomic E-state index is -0.441. The van der Waals surface area contributed by atoms with E-state index in [0.717, 1.165) is 11.3 Å². The van der Waals surface area contributed by atoms with Crippen molar-refractivity contribution >= 4 is 29.8 Å². The zero-order valence-corrected chi connectivity index (χ0v) is 19.5. The predicted octanol–water partition coefficient (Wildman–Crippen LogP) is 3.55. The number of benzene rings is 2. The summed E-state index contributed by atoms with van der Waals surface area (Å²) in [6.07, 6.45) is 4.24. The molecule has 2 aromatic heterocycles. The maximum Gasteiger partial charge on any atom is 0.337 e. The number of ether oxygens (including phenoxy) is 2. The van der Waals surface area contributed by atoms with Gasteiger partial charge in [0.2, 0.25) is 10.7 Å². The largest absolute Gasteiger partial charge is 0.497 e. The van der Waals surface area contributed by atoms with Crippen molar-refractivity contribution in [2.45, 2.75) is 13.0 Å². The topological polar surface area (TPSA) is 92.3 Å². The summed E-state index contributed by atoms with van der Waals surface area (Å²) >= 11 is 5.65. The van der Waals surface area contributed by atoms with E-state index in [1.54, 1.807) is 36.1 Å². The molecule has 0 bridgehead atoms. The molecule has 1 N–H and O–H groups in total. The molecule has 2 aromatic carbocycles. The van der Waals surface area contributed by atoms with Gasteiger partial charge in [0.25, 0.3) is 0 Å². The van der Waals surface area contributed by atoms with Crippen molar-refractivity contribution in [2.24, 2.45) is 0 Å². The van der Waals surface area contributed by atoms with Gasteiger partial charge >= 0.3 is 5.97 Å². The average Bonchev–Trinajstić information content (AvgIpc) is 3.47. The van der Waals surface area contributed by atoms with E-state index in [-0.39, 0.29) is 12.5 Å². The molecule has 4 aromatic rings. The molecule has 0 saturated heterocycles. The van der Waals surface area contributed by atoms with Gasteiger partial charge in [-0.25, -0.2) is 14.2 Å². The second kappa shape index (κ2) is 10.2. The maximum atomic E-state index is 12.7. The van der Waals surface area contributed by atoms with Gasteiger partial charge in [-0.3, -0.25) is 9.47 Å².